The first-order valence-corrected chi connectivity index (χ1v) is 8.68. The van der Waals surface area contributed by atoms with Crippen molar-refractivity contribution in [2.24, 2.45) is 5.92 Å². The summed E-state index contributed by atoms with van der Waals surface area (Å²) in [5.74, 6) is 0.500. The van der Waals surface area contributed by atoms with Crippen LogP contribution in [0.5, 0.6) is 0 Å². The van der Waals surface area contributed by atoms with Gasteiger partial charge in [-0.25, -0.2) is 0 Å². The number of likely N-dealkylation sites (N-methyl/N-ethyl adjacent to an activating group) is 1. The largest absolute Gasteiger partial charge is 0.377 e. The third kappa shape index (κ3) is 2.72. The number of rotatable bonds is 4. The molecular weight excluding hydrogens is 249 g/mol. The van der Waals surface area contributed by atoms with Gasteiger partial charge in [-0.3, -0.25) is 0 Å². The molecule has 2 heteroatoms. The maximum Gasteiger partial charge on any atom is 0.0411 e. The molecule has 0 aromatic rings. The van der Waals surface area contributed by atoms with Gasteiger partial charge in [0.1, 0.15) is 0 Å². The SMILES string of the molecule is CC(C)P(C1=C2C=CC=CC2C=C1N(C)C)C(C)C. The molecule has 0 radical (unpaired) electrons. The van der Waals surface area contributed by atoms with Crippen molar-refractivity contribution in [3.05, 3.63) is 47.0 Å². The van der Waals surface area contributed by atoms with Crippen molar-refractivity contribution in [1.82, 2.24) is 4.90 Å². The van der Waals surface area contributed by atoms with Gasteiger partial charge in [0, 0.05) is 31.0 Å². The molecule has 104 valence electrons. The van der Waals surface area contributed by atoms with Crippen molar-refractivity contribution in [2.75, 3.05) is 14.1 Å². The van der Waals surface area contributed by atoms with Crippen LogP contribution in [0.4, 0.5) is 0 Å². The van der Waals surface area contributed by atoms with Crippen molar-refractivity contribution in [2.45, 2.75) is 39.0 Å². The van der Waals surface area contributed by atoms with Crippen molar-refractivity contribution in [3.8, 4) is 0 Å². The van der Waals surface area contributed by atoms with Gasteiger partial charge in [0.05, 0.1) is 0 Å². The van der Waals surface area contributed by atoms with Crippen LogP contribution in [0.2, 0.25) is 0 Å². The highest BCUT2D eigenvalue weighted by Gasteiger charge is 2.33. The van der Waals surface area contributed by atoms with E-state index >= 15 is 0 Å². The van der Waals surface area contributed by atoms with E-state index < -0.39 is 0 Å². The van der Waals surface area contributed by atoms with Gasteiger partial charge in [0.25, 0.3) is 0 Å². The average Bonchev–Trinajstić information content (AvgIpc) is 2.68. The van der Waals surface area contributed by atoms with E-state index in [0.29, 0.717) is 5.92 Å². The lowest BCUT2D eigenvalue weighted by molar-refractivity contribution is 0.527. The smallest absolute Gasteiger partial charge is 0.0411 e. The summed E-state index contributed by atoms with van der Waals surface area (Å²) in [6, 6.07) is 0. The van der Waals surface area contributed by atoms with Crippen LogP contribution in [0, 0.1) is 5.92 Å². The van der Waals surface area contributed by atoms with Gasteiger partial charge in [-0.05, 0) is 23.0 Å². The standard InChI is InChI=1S/C17H26NP/c1-12(2)19(13(3)4)17-15-10-8-7-9-14(15)11-16(17)18(5)6/h7-14H,1-6H3. The van der Waals surface area contributed by atoms with Crippen LogP contribution < -0.4 is 0 Å². The summed E-state index contributed by atoms with van der Waals surface area (Å²) in [7, 11) is 4.23. The van der Waals surface area contributed by atoms with Crippen LogP contribution in [-0.4, -0.2) is 30.3 Å². The summed E-state index contributed by atoms with van der Waals surface area (Å²) < 4.78 is 0. The van der Waals surface area contributed by atoms with E-state index in [1.165, 1.54) is 5.70 Å². The lowest BCUT2D eigenvalue weighted by Crippen LogP contribution is -2.15. The molecule has 0 amide bonds. The zero-order valence-electron chi connectivity index (χ0n) is 13.0. The predicted molar refractivity (Wildman–Crippen MR) is 87.8 cm³/mol. The topological polar surface area (TPSA) is 3.24 Å². The second-order valence-electron chi connectivity index (χ2n) is 6.11. The number of hydrogen-bond donors (Lipinski definition) is 0. The molecule has 0 saturated carbocycles. The fourth-order valence-electron chi connectivity index (χ4n) is 3.09. The number of fused-ring (bicyclic) bond motifs is 1. The minimum atomic E-state index is -0.111. The minimum Gasteiger partial charge on any atom is -0.377 e. The molecule has 0 aromatic carbocycles. The van der Waals surface area contributed by atoms with Crippen LogP contribution in [0.15, 0.2) is 47.0 Å². The molecule has 2 rings (SSSR count). The molecule has 0 N–H and O–H groups in total. The van der Waals surface area contributed by atoms with E-state index in [1.807, 2.05) is 0 Å². The fourth-order valence-corrected chi connectivity index (χ4v) is 6.38. The van der Waals surface area contributed by atoms with E-state index in [-0.39, 0.29) is 7.92 Å². The summed E-state index contributed by atoms with van der Waals surface area (Å²) in [5.41, 5.74) is 4.46. The first kappa shape index (κ1) is 14.6. The summed E-state index contributed by atoms with van der Waals surface area (Å²) in [4.78, 5) is 2.29. The van der Waals surface area contributed by atoms with Gasteiger partial charge in [0.15, 0.2) is 0 Å². The number of hydrogen-bond acceptors (Lipinski definition) is 1. The molecule has 19 heavy (non-hydrogen) atoms. The Kier molecular flexibility index (Phi) is 4.36. The maximum atomic E-state index is 2.44. The van der Waals surface area contributed by atoms with Crippen molar-refractivity contribution in [1.29, 1.82) is 0 Å². The molecule has 0 spiro atoms. The highest BCUT2D eigenvalue weighted by Crippen LogP contribution is 2.60. The Hall–Kier alpha value is -0.810. The van der Waals surface area contributed by atoms with Crippen molar-refractivity contribution in [3.63, 3.8) is 0 Å². The minimum absolute atomic E-state index is 0.111. The van der Waals surface area contributed by atoms with Gasteiger partial charge in [-0.1, -0.05) is 59.9 Å². The van der Waals surface area contributed by atoms with Gasteiger partial charge in [-0.2, -0.15) is 0 Å². The first-order chi connectivity index (χ1) is 8.93. The zero-order valence-corrected chi connectivity index (χ0v) is 13.9. The normalized spacial score (nSPS) is 21.7. The van der Waals surface area contributed by atoms with Gasteiger partial charge in [0.2, 0.25) is 0 Å². The van der Waals surface area contributed by atoms with Crippen LogP contribution in [0.1, 0.15) is 27.7 Å². The van der Waals surface area contributed by atoms with Gasteiger partial charge < -0.3 is 4.90 Å². The molecule has 0 aromatic heterocycles. The number of allylic oxidation sites excluding steroid dienone is 7. The molecule has 2 aliphatic rings. The summed E-state index contributed by atoms with van der Waals surface area (Å²) >= 11 is 0. The second-order valence-corrected chi connectivity index (χ2v) is 9.44. The van der Waals surface area contributed by atoms with Crippen LogP contribution in [0.3, 0.4) is 0 Å². The summed E-state index contributed by atoms with van der Waals surface area (Å²) in [6.07, 6.45) is 11.4. The predicted octanol–water partition coefficient (Wildman–Crippen LogP) is 4.74. The van der Waals surface area contributed by atoms with Crippen molar-refractivity contribution >= 4 is 7.92 Å². The highest BCUT2D eigenvalue weighted by atomic mass is 31.1. The van der Waals surface area contributed by atoms with Crippen molar-refractivity contribution < 1.29 is 0 Å². The molecule has 2 aliphatic carbocycles. The molecule has 0 aliphatic heterocycles. The van der Waals surface area contributed by atoms with E-state index in [1.54, 1.807) is 10.9 Å². The van der Waals surface area contributed by atoms with E-state index in [4.69, 9.17) is 0 Å². The molecule has 0 bridgehead atoms. The fraction of sp³-hybridized carbons (Fsp3) is 0.529. The monoisotopic (exact) mass is 275 g/mol. The molecule has 0 heterocycles. The van der Waals surface area contributed by atoms with Crippen LogP contribution in [-0.2, 0) is 0 Å². The Balaban J connectivity index is 2.52. The van der Waals surface area contributed by atoms with Crippen LogP contribution in [0.25, 0.3) is 0 Å². The highest BCUT2D eigenvalue weighted by molar-refractivity contribution is 7.63. The molecule has 0 fully saturated rings. The Morgan fingerprint density at radius 2 is 1.68 bits per heavy atom. The average molecular weight is 275 g/mol. The third-order valence-corrected chi connectivity index (χ3v) is 7.00. The molecule has 1 nitrogen and oxygen atoms in total. The maximum absolute atomic E-state index is 2.44. The summed E-state index contributed by atoms with van der Waals surface area (Å²) in [6.45, 7) is 9.51. The van der Waals surface area contributed by atoms with E-state index in [0.717, 1.165) is 11.3 Å². The second kappa shape index (κ2) is 5.67. The lowest BCUT2D eigenvalue weighted by Gasteiger charge is -2.32. The lowest BCUT2D eigenvalue weighted by atomic mass is 9.98. The Morgan fingerprint density at radius 3 is 2.21 bits per heavy atom. The Morgan fingerprint density at radius 1 is 1.05 bits per heavy atom. The molecular formula is C17H26NP. The summed E-state index contributed by atoms with van der Waals surface area (Å²) in [5, 5.41) is 1.63. The van der Waals surface area contributed by atoms with E-state index in [9.17, 15) is 0 Å². The Labute approximate surface area is 119 Å². The van der Waals surface area contributed by atoms with Gasteiger partial charge in [-0.15, -0.1) is 0 Å². The first-order valence-electron chi connectivity index (χ1n) is 7.20. The van der Waals surface area contributed by atoms with Crippen LogP contribution >= 0.6 is 7.92 Å². The zero-order chi connectivity index (χ0) is 14.2. The third-order valence-electron chi connectivity index (χ3n) is 3.77. The van der Waals surface area contributed by atoms with Gasteiger partial charge >= 0.3 is 0 Å². The molecule has 0 saturated heterocycles. The quantitative estimate of drug-likeness (QED) is 0.670. The number of nitrogens with zero attached hydrogens (tertiary/aromatic N) is 1. The molecule has 1 atom stereocenters. The Bertz CT molecular complexity index is 456. The van der Waals surface area contributed by atoms with E-state index in [2.05, 4.69) is 77.1 Å². The molecule has 1 unspecified atom stereocenters.